The molecule has 8 heteroatoms. The first-order valence-corrected chi connectivity index (χ1v) is 11.7. The lowest BCUT2D eigenvalue weighted by Gasteiger charge is -2.20. The standard InChI is InChI=1S/C23H31N3O4S/c1-7-30-25-17(6)18-10-8-11-19(14-18)31(28,29)26-23(27)24-22-20(15(2)3)12-9-13-21(22)16(4)5/h8-16,25H,6-7H2,1-5H3,(H2,24,26,27). The molecule has 31 heavy (non-hydrogen) atoms. The largest absolute Gasteiger partial charge is 0.333 e. The van der Waals surface area contributed by atoms with Gasteiger partial charge in [0.05, 0.1) is 17.2 Å². The first-order valence-electron chi connectivity index (χ1n) is 10.2. The van der Waals surface area contributed by atoms with Crippen molar-refractivity contribution in [2.24, 2.45) is 0 Å². The summed E-state index contributed by atoms with van der Waals surface area (Å²) in [6.45, 7) is 14.1. The Bertz CT molecular complexity index is 1020. The highest BCUT2D eigenvalue weighted by Gasteiger charge is 2.21. The van der Waals surface area contributed by atoms with Crippen LogP contribution in [0.4, 0.5) is 10.5 Å². The summed E-state index contributed by atoms with van der Waals surface area (Å²) in [5.74, 6) is 0.317. The predicted molar refractivity (Wildman–Crippen MR) is 124 cm³/mol. The molecule has 7 nitrogen and oxygen atoms in total. The van der Waals surface area contributed by atoms with Crippen LogP contribution in [0.25, 0.3) is 5.70 Å². The summed E-state index contributed by atoms with van der Waals surface area (Å²) in [4.78, 5) is 17.7. The van der Waals surface area contributed by atoms with Gasteiger partial charge < -0.3 is 5.32 Å². The Balaban J connectivity index is 2.26. The number of carbonyl (C=O) groups excluding carboxylic acids is 1. The fourth-order valence-corrected chi connectivity index (χ4v) is 4.04. The van der Waals surface area contributed by atoms with Gasteiger partial charge in [0, 0.05) is 11.3 Å². The van der Waals surface area contributed by atoms with Crippen LogP contribution < -0.4 is 15.5 Å². The highest BCUT2D eigenvalue weighted by Crippen LogP contribution is 2.32. The maximum absolute atomic E-state index is 12.8. The summed E-state index contributed by atoms with van der Waals surface area (Å²) in [6.07, 6.45) is 0. The van der Waals surface area contributed by atoms with E-state index >= 15 is 0 Å². The van der Waals surface area contributed by atoms with E-state index in [1.807, 2.05) is 52.8 Å². The van der Waals surface area contributed by atoms with Gasteiger partial charge in [-0.3, -0.25) is 10.3 Å². The van der Waals surface area contributed by atoms with Crippen LogP contribution in [0.5, 0.6) is 0 Å². The molecule has 0 fully saturated rings. The zero-order valence-electron chi connectivity index (χ0n) is 18.7. The fourth-order valence-electron chi connectivity index (χ4n) is 3.08. The third-order valence-electron chi connectivity index (χ3n) is 4.67. The Hall–Kier alpha value is -2.84. The van der Waals surface area contributed by atoms with Crippen molar-refractivity contribution in [2.45, 2.75) is 51.3 Å². The molecule has 3 N–H and O–H groups in total. The molecule has 0 aliphatic heterocycles. The highest BCUT2D eigenvalue weighted by atomic mass is 32.2. The summed E-state index contributed by atoms with van der Waals surface area (Å²) in [6, 6.07) is 11.1. The lowest BCUT2D eigenvalue weighted by atomic mass is 9.93. The first-order chi connectivity index (χ1) is 14.6. The number of anilines is 1. The van der Waals surface area contributed by atoms with Crippen LogP contribution in [-0.4, -0.2) is 21.1 Å². The van der Waals surface area contributed by atoms with Crippen LogP contribution >= 0.6 is 0 Å². The minimum atomic E-state index is -4.09. The van der Waals surface area contributed by atoms with Gasteiger partial charge in [0.25, 0.3) is 10.0 Å². The number of nitrogens with one attached hydrogen (secondary N) is 3. The second-order valence-corrected chi connectivity index (χ2v) is 9.40. The van der Waals surface area contributed by atoms with Crippen molar-refractivity contribution in [1.29, 1.82) is 0 Å². The van der Waals surface area contributed by atoms with Crippen molar-refractivity contribution in [3.63, 3.8) is 0 Å². The average Bonchev–Trinajstić information content (AvgIpc) is 2.71. The smallest absolute Gasteiger partial charge is 0.307 e. The molecular formula is C23H31N3O4S. The molecule has 0 heterocycles. The molecule has 0 radical (unpaired) electrons. The van der Waals surface area contributed by atoms with Gasteiger partial charge in [-0.1, -0.05) is 64.6 Å². The van der Waals surface area contributed by atoms with Crippen LogP contribution in [0.3, 0.4) is 0 Å². The minimum absolute atomic E-state index is 0.0548. The van der Waals surface area contributed by atoms with E-state index in [0.717, 1.165) is 11.1 Å². The zero-order chi connectivity index (χ0) is 23.2. The number of urea groups is 1. The van der Waals surface area contributed by atoms with Crippen molar-refractivity contribution < 1.29 is 18.0 Å². The number of hydroxylamine groups is 1. The molecular weight excluding hydrogens is 414 g/mol. The monoisotopic (exact) mass is 445 g/mol. The van der Waals surface area contributed by atoms with Crippen molar-refractivity contribution >= 4 is 27.4 Å². The molecule has 0 spiro atoms. The number of hydrogen-bond acceptors (Lipinski definition) is 5. The molecule has 0 atom stereocenters. The number of para-hydroxylation sites is 1. The van der Waals surface area contributed by atoms with Gasteiger partial charge in [0.1, 0.15) is 0 Å². The first kappa shape index (κ1) is 24.4. The SMILES string of the molecule is C=C(NOCC)c1cccc(S(=O)(=O)NC(=O)Nc2c(C(C)C)cccc2C(C)C)c1. The molecule has 0 unspecified atom stereocenters. The van der Waals surface area contributed by atoms with Crippen molar-refractivity contribution in [2.75, 3.05) is 11.9 Å². The zero-order valence-corrected chi connectivity index (χ0v) is 19.5. The fraction of sp³-hybridized carbons (Fsp3) is 0.348. The summed E-state index contributed by atoms with van der Waals surface area (Å²) in [7, 11) is -4.09. The third-order valence-corrected chi connectivity index (χ3v) is 6.00. The van der Waals surface area contributed by atoms with Crippen molar-refractivity contribution in [3.8, 4) is 0 Å². The number of carbonyl (C=O) groups is 1. The predicted octanol–water partition coefficient (Wildman–Crippen LogP) is 4.96. The maximum Gasteiger partial charge on any atom is 0.333 e. The second-order valence-electron chi connectivity index (χ2n) is 7.72. The van der Waals surface area contributed by atoms with Crippen LogP contribution in [-0.2, 0) is 14.9 Å². The normalized spacial score (nSPS) is 11.5. The Kier molecular flexibility index (Phi) is 8.24. The van der Waals surface area contributed by atoms with Crippen molar-refractivity contribution in [1.82, 2.24) is 10.2 Å². The number of rotatable bonds is 9. The Morgan fingerprint density at radius 2 is 1.61 bits per heavy atom. The van der Waals surface area contributed by atoms with Crippen LogP contribution in [0.15, 0.2) is 53.9 Å². The van der Waals surface area contributed by atoms with Gasteiger partial charge >= 0.3 is 6.03 Å². The number of benzene rings is 2. The lowest BCUT2D eigenvalue weighted by molar-refractivity contribution is 0.0901. The number of amides is 2. The number of hydrogen-bond donors (Lipinski definition) is 3. The van der Waals surface area contributed by atoms with Crippen LogP contribution in [0.2, 0.25) is 0 Å². The van der Waals surface area contributed by atoms with E-state index in [2.05, 4.69) is 22.1 Å². The van der Waals surface area contributed by atoms with Crippen LogP contribution in [0.1, 0.15) is 63.1 Å². The molecule has 0 aliphatic carbocycles. The van der Waals surface area contributed by atoms with Gasteiger partial charge in [-0.2, -0.15) is 0 Å². The van der Waals surface area contributed by atoms with Crippen molar-refractivity contribution in [3.05, 3.63) is 65.7 Å². The number of sulfonamides is 1. The van der Waals surface area contributed by atoms with E-state index in [0.29, 0.717) is 23.6 Å². The van der Waals surface area contributed by atoms with E-state index in [1.165, 1.54) is 12.1 Å². The molecule has 168 valence electrons. The van der Waals surface area contributed by atoms with Crippen LogP contribution in [0, 0.1) is 0 Å². The molecule has 0 aliphatic rings. The summed E-state index contributed by atoms with van der Waals surface area (Å²) >= 11 is 0. The van der Waals surface area contributed by atoms with E-state index in [1.54, 1.807) is 12.1 Å². The molecule has 0 bridgehead atoms. The molecule has 2 rings (SSSR count). The van der Waals surface area contributed by atoms with Gasteiger partial charge in [0.15, 0.2) is 0 Å². The van der Waals surface area contributed by atoms with Gasteiger partial charge in [-0.05, 0) is 42.0 Å². The van der Waals surface area contributed by atoms with Gasteiger partial charge in [-0.15, -0.1) is 0 Å². The Labute approximate surface area is 184 Å². The van der Waals surface area contributed by atoms with Gasteiger partial charge in [-0.25, -0.2) is 17.9 Å². The molecule has 0 saturated heterocycles. The quantitative estimate of drug-likeness (QED) is 0.474. The van der Waals surface area contributed by atoms with E-state index in [-0.39, 0.29) is 16.7 Å². The van der Waals surface area contributed by atoms with E-state index in [4.69, 9.17) is 4.84 Å². The summed E-state index contributed by atoms with van der Waals surface area (Å²) < 4.78 is 27.7. The topological polar surface area (TPSA) is 96.5 Å². The molecule has 2 aromatic rings. The minimum Gasteiger partial charge on any atom is -0.307 e. The summed E-state index contributed by atoms with van der Waals surface area (Å²) in [5, 5.41) is 2.75. The Morgan fingerprint density at radius 1 is 1.03 bits per heavy atom. The highest BCUT2D eigenvalue weighted by molar-refractivity contribution is 7.90. The molecule has 0 saturated carbocycles. The van der Waals surface area contributed by atoms with E-state index in [9.17, 15) is 13.2 Å². The third kappa shape index (κ3) is 6.32. The molecule has 2 amide bonds. The van der Waals surface area contributed by atoms with Gasteiger partial charge in [0.2, 0.25) is 0 Å². The summed E-state index contributed by atoms with van der Waals surface area (Å²) in [5.41, 5.74) is 6.12. The maximum atomic E-state index is 12.8. The molecule has 2 aromatic carbocycles. The second kappa shape index (κ2) is 10.5. The van der Waals surface area contributed by atoms with E-state index < -0.39 is 16.1 Å². The Morgan fingerprint density at radius 3 is 2.16 bits per heavy atom. The average molecular weight is 446 g/mol. The lowest BCUT2D eigenvalue weighted by Crippen LogP contribution is -2.35. The molecule has 0 aromatic heterocycles.